The highest BCUT2D eigenvalue weighted by Gasteiger charge is 2.21. The maximum Gasteiger partial charge on any atom is 0.164 e. The van der Waals surface area contributed by atoms with Crippen molar-refractivity contribution in [3.05, 3.63) is 218 Å². The van der Waals surface area contributed by atoms with Gasteiger partial charge in [0.15, 0.2) is 17.5 Å². The van der Waals surface area contributed by atoms with Gasteiger partial charge in [-0.25, -0.2) is 15.0 Å². The van der Waals surface area contributed by atoms with Gasteiger partial charge in [-0.3, -0.25) is 0 Å². The van der Waals surface area contributed by atoms with Crippen LogP contribution in [-0.4, -0.2) is 28.7 Å². The predicted molar refractivity (Wildman–Crippen MR) is 260 cm³/mol. The number of para-hydroxylation sites is 6. The van der Waals surface area contributed by atoms with Gasteiger partial charge in [0.2, 0.25) is 0 Å². The Morgan fingerprint density at radius 3 is 1.05 bits per heavy atom. The van der Waals surface area contributed by atoms with Gasteiger partial charge in [0, 0.05) is 71.4 Å². The summed E-state index contributed by atoms with van der Waals surface area (Å²) in [7, 11) is 0. The Balaban J connectivity index is 0.910. The summed E-state index contributed by atoms with van der Waals surface area (Å²) < 4.78 is 7.14. The molecule has 1 aliphatic rings. The Morgan fingerprint density at radius 1 is 0.349 bits per heavy atom. The van der Waals surface area contributed by atoms with Crippen LogP contribution < -0.4 is 0 Å². The van der Waals surface area contributed by atoms with Gasteiger partial charge in [-0.2, -0.15) is 0 Å². The topological polar surface area (TPSA) is 53.5 Å². The van der Waals surface area contributed by atoms with Crippen LogP contribution in [0.2, 0.25) is 0 Å². The van der Waals surface area contributed by atoms with Crippen LogP contribution in [0.1, 0.15) is 18.3 Å². The second-order valence-electron chi connectivity index (χ2n) is 16.4. The molecule has 0 spiro atoms. The van der Waals surface area contributed by atoms with Gasteiger partial charge >= 0.3 is 0 Å². The molecule has 4 heterocycles. The first-order chi connectivity index (χ1) is 31.2. The molecule has 0 saturated heterocycles. The van der Waals surface area contributed by atoms with Gasteiger partial charge in [-0.15, -0.1) is 0 Å². The van der Waals surface area contributed by atoms with Crippen molar-refractivity contribution in [1.82, 2.24) is 28.7 Å². The van der Waals surface area contributed by atoms with Crippen molar-refractivity contribution in [2.45, 2.75) is 12.5 Å². The number of hydrogen-bond donors (Lipinski definition) is 0. The number of benzene rings is 8. The Labute approximate surface area is 363 Å². The zero-order valence-electron chi connectivity index (χ0n) is 34.2. The Morgan fingerprint density at radius 2 is 0.683 bits per heavy atom. The highest BCUT2D eigenvalue weighted by Crippen LogP contribution is 2.38. The molecule has 13 rings (SSSR count). The molecule has 12 aromatic rings. The third-order valence-electron chi connectivity index (χ3n) is 12.8. The van der Waals surface area contributed by atoms with Crippen LogP contribution in [0.3, 0.4) is 0 Å². The lowest BCUT2D eigenvalue weighted by atomic mass is 10.0. The van der Waals surface area contributed by atoms with Crippen LogP contribution in [0.15, 0.2) is 212 Å². The number of rotatable bonds is 6. The maximum absolute atomic E-state index is 5.20. The van der Waals surface area contributed by atoms with Crippen molar-refractivity contribution >= 4 is 71.0 Å². The first kappa shape index (κ1) is 35.4. The smallest absolute Gasteiger partial charge is 0.164 e. The van der Waals surface area contributed by atoms with E-state index in [9.17, 15) is 0 Å². The number of hydrogen-bond acceptors (Lipinski definition) is 3. The molecule has 63 heavy (non-hydrogen) atoms. The Kier molecular flexibility index (Phi) is 7.93. The van der Waals surface area contributed by atoms with E-state index in [1.165, 1.54) is 65.4 Å². The molecular formula is C57H38N6. The molecule has 0 saturated carbocycles. The molecule has 0 aliphatic heterocycles. The standard InChI is InChI=1S/C57H38N6/c1-7-19-49-43(13-1)44-14-2-8-20-50(44)61(49)40-31-25-37(26-32-40)55-58-56(38-27-33-41(34-28-38)62-51-21-9-3-15-45(51)46-16-4-10-22-52(46)62)60-57(59-55)39-29-35-42(36-30-39)63-53-23-11-5-17-47(53)48-18-6-12-24-54(48)63/h1-35,42H,36H2. The zero-order valence-corrected chi connectivity index (χ0v) is 34.2. The maximum atomic E-state index is 5.20. The highest BCUT2D eigenvalue weighted by atomic mass is 15.0. The third-order valence-corrected chi connectivity index (χ3v) is 12.8. The van der Waals surface area contributed by atoms with Crippen molar-refractivity contribution in [3.63, 3.8) is 0 Å². The quantitative estimate of drug-likeness (QED) is 0.168. The van der Waals surface area contributed by atoms with Gasteiger partial charge in [0.1, 0.15) is 0 Å². The summed E-state index contributed by atoms with van der Waals surface area (Å²) in [4.78, 5) is 15.6. The second kappa shape index (κ2) is 14.1. The van der Waals surface area contributed by atoms with Crippen LogP contribution >= 0.6 is 0 Å². The molecule has 1 aliphatic carbocycles. The predicted octanol–water partition coefficient (Wildman–Crippen LogP) is 14.1. The summed E-state index contributed by atoms with van der Waals surface area (Å²) in [6.07, 6.45) is 7.59. The van der Waals surface area contributed by atoms with Crippen LogP contribution in [0, 0.1) is 0 Å². The van der Waals surface area contributed by atoms with Crippen molar-refractivity contribution in [3.8, 4) is 34.2 Å². The van der Waals surface area contributed by atoms with E-state index in [2.05, 4.69) is 226 Å². The van der Waals surface area contributed by atoms with Crippen LogP contribution in [0.25, 0.3) is 105 Å². The summed E-state index contributed by atoms with van der Waals surface area (Å²) in [6.45, 7) is 0. The summed E-state index contributed by atoms with van der Waals surface area (Å²) in [5, 5.41) is 7.50. The SMILES string of the molecule is C1=CC(n2c3ccccc3c3ccccc32)CC=C1c1nc(-c2ccc(-n3c4ccccc4c4ccccc43)cc2)nc(-c2ccc(-n3c4ccccc4c4ccccc43)cc2)n1. The van der Waals surface area contributed by atoms with Crippen molar-refractivity contribution < 1.29 is 0 Å². The van der Waals surface area contributed by atoms with Gasteiger partial charge < -0.3 is 13.7 Å². The average Bonchev–Trinajstić information content (AvgIpc) is 4.00. The van der Waals surface area contributed by atoms with E-state index >= 15 is 0 Å². The fourth-order valence-corrected chi connectivity index (χ4v) is 9.96. The van der Waals surface area contributed by atoms with E-state index in [1.807, 2.05) is 0 Å². The summed E-state index contributed by atoms with van der Waals surface area (Å²) >= 11 is 0. The molecule has 6 nitrogen and oxygen atoms in total. The first-order valence-corrected chi connectivity index (χ1v) is 21.6. The lowest BCUT2D eigenvalue weighted by Crippen LogP contribution is -2.09. The van der Waals surface area contributed by atoms with Crippen molar-refractivity contribution in [1.29, 1.82) is 0 Å². The molecule has 8 aromatic carbocycles. The van der Waals surface area contributed by atoms with E-state index in [0.29, 0.717) is 17.5 Å². The largest absolute Gasteiger partial charge is 0.333 e. The minimum absolute atomic E-state index is 0.154. The second-order valence-corrected chi connectivity index (χ2v) is 16.4. The normalized spacial score (nSPS) is 14.2. The molecule has 4 aromatic heterocycles. The van der Waals surface area contributed by atoms with E-state index in [4.69, 9.17) is 15.0 Å². The number of nitrogens with zero attached hydrogens (tertiary/aromatic N) is 6. The lowest BCUT2D eigenvalue weighted by molar-refractivity contribution is 0.649. The molecular weight excluding hydrogens is 769 g/mol. The van der Waals surface area contributed by atoms with E-state index in [-0.39, 0.29) is 6.04 Å². The molecule has 0 bridgehead atoms. The zero-order chi connectivity index (χ0) is 41.4. The van der Waals surface area contributed by atoms with E-state index < -0.39 is 0 Å². The van der Waals surface area contributed by atoms with Crippen molar-refractivity contribution in [2.24, 2.45) is 0 Å². The average molecular weight is 807 g/mol. The summed E-state index contributed by atoms with van der Waals surface area (Å²) in [5.74, 6) is 1.92. The minimum atomic E-state index is 0.154. The fourth-order valence-electron chi connectivity index (χ4n) is 9.96. The fraction of sp³-hybridized carbons (Fsp3) is 0.0351. The lowest BCUT2D eigenvalue weighted by Gasteiger charge is -2.20. The van der Waals surface area contributed by atoms with Gasteiger partial charge in [-0.1, -0.05) is 127 Å². The van der Waals surface area contributed by atoms with Crippen molar-refractivity contribution in [2.75, 3.05) is 0 Å². The number of aromatic nitrogens is 6. The molecule has 6 heteroatoms. The van der Waals surface area contributed by atoms with Crippen LogP contribution in [-0.2, 0) is 0 Å². The third kappa shape index (κ3) is 5.62. The Bertz CT molecular complexity index is 3490. The first-order valence-electron chi connectivity index (χ1n) is 21.6. The molecule has 0 N–H and O–H groups in total. The van der Waals surface area contributed by atoms with E-state index in [1.54, 1.807) is 0 Å². The molecule has 0 fully saturated rings. The summed E-state index contributed by atoms with van der Waals surface area (Å²) in [6, 6.07) is 69.2. The molecule has 1 atom stereocenters. The monoisotopic (exact) mass is 806 g/mol. The number of fused-ring (bicyclic) bond motifs is 9. The van der Waals surface area contributed by atoms with Gasteiger partial charge in [-0.05, 0) is 91.3 Å². The van der Waals surface area contributed by atoms with Crippen LogP contribution in [0.4, 0.5) is 0 Å². The molecule has 0 amide bonds. The molecule has 1 unspecified atom stereocenters. The molecule has 296 valence electrons. The Hall–Kier alpha value is -8.35. The summed E-state index contributed by atoms with van der Waals surface area (Å²) in [5.41, 5.74) is 12.2. The highest BCUT2D eigenvalue weighted by molar-refractivity contribution is 6.11. The van der Waals surface area contributed by atoms with Gasteiger partial charge in [0.25, 0.3) is 0 Å². The van der Waals surface area contributed by atoms with Crippen LogP contribution in [0.5, 0.6) is 0 Å². The van der Waals surface area contributed by atoms with E-state index in [0.717, 1.165) is 34.5 Å². The van der Waals surface area contributed by atoms with Gasteiger partial charge in [0.05, 0.1) is 28.1 Å². The minimum Gasteiger partial charge on any atom is -0.333 e. The number of allylic oxidation sites excluding steroid dienone is 4. The molecule has 0 radical (unpaired) electrons.